The van der Waals surface area contributed by atoms with Gasteiger partial charge < -0.3 is 25.3 Å². The summed E-state index contributed by atoms with van der Waals surface area (Å²) in [5.41, 5.74) is 6.02. The van der Waals surface area contributed by atoms with Crippen LogP contribution in [-0.2, 0) is 9.53 Å². The van der Waals surface area contributed by atoms with Gasteiger partial charge in [-0.2, -0.15) is 0 Å². The summed E-state index contributed by atoms with van der Waals surface area (Å²) in [6.07, 6.45) is 0.0344. The summed E-state index contributed by atoms with van der Waals surface area (Å²) in [4.78, 5) is 13.8. The van der Waals surface area contributed by atoms with Crippen LogP contribution < -0.4 is 10.5 Å². The van der Waals surface area contributed by atoms with Gasteiger partial charge in [0.25, 0.3) is 5.91 Å². The minimum absolute atomic E-state index is 0.0344. The highest BCUT2D eigenvalue weighted by molar-refractivity contribution is 5.99. The van der Waals surface area contributed by atoms with Crippen LogP contribution in [0.1, 0.15) is 12.5 Å². The van der Waals surface area contributed by atoms with Crippen molar-refractivity contribution in [1.29, 1.82) is 0 Å². The fraction of sp³-hybridized carbons (Fsp3) is 0.429. The van der Waals surface area contributed by atoms with E-state index in [1.54, 1.807) is 29.2 Å². The van der Waals surface area contributed by atoms with Crippen LogP contribution in [0.2, 0.25) is 0 Å². The number of rotatable bonds is 4. The predicted molar refractivity (Wildman–Crippen MR) is 76.4 cm³/mol. The number of nitrogens with two attached hydrogens (primary N) is 1. The lowest BCUT2D eigenvalue weighted by atomic mass is 10.2. The Morgan fingerprint density at radius 1 is 1.57 bits per heavy atom. The van der Waals surface area contributed by atoms with Crippen molar-refractivity contribution in [2.75, 3.05) is 26.3 Å². The molecule has 0 aliphatic carbocycles. The van der Waals surface area contributed by atoms with Crippen LogP contribution in [0.25, 0.3) is 0 Å². The van der Waals surface area contributed by atoms with Crippen LogP contribution in [0.15, 0.2) is 29.4 Å². The minimum Gasteiger partial charge on any atom is -0.483 e. The number of carbonyl (C=O) groups is 1. The van der Waals surface area contributed by atoms with Crippen molar-refractivity contribution in [2.24, 2.45) is 10.9 Å². The quantitative estimate of drug-likeness (QED) is 0.362. The Kier molecular flexibility index (Phi) is 4.99. The molecule has 0 saturated carbocycles. The van der Waals surface area contributed by atoms with Crippen LogP contribution in [0.4, 0.5) is 0 Å². The Balaban J connectivity index is 1.98. The highest BCUT2D eigenvalue weighted by Gasteiger charge is 2.22. The third kappa shape index (κ3) is 3.85. The number of ether oxygens (including phenoxy) is 2. The fourth-order valence-corrected chi connectivity index (χ4v) is 2.13. The van der Waals surface area contributed by atoms with E-state index in [0.29, 0.717) is 31.0 Å². The smallest absolute Gasteiger partial charge is 0.260 e. The van der Waals surface area contributed by atoms with E-state index in [9.17, 15) is 4.79 Å². The molecule has 1 saturated heterocycles. The van der Waals surface area contributed by atoms with E-state index in [1.807, 2.05) is 6.92 Å². The summed E-state index contributed by atoms with van der Waals surface area (Å²) in [5.74, 6) is 0.236. The first-order valence-electron chi connectivity index (χ1n) is 6.71. The molecule has 21 heavy (non-hydrogen) atoms. The number of amides is 1. The van der Waals surface area contributed by atoms with E-state index in [1.165, 1.54) is 0 Å². The molecule has 1 unspecified atom stereocenters. The lowest BCUT2D eigenvalue weighted by Gasteiger charge is -2.31. The average molecular weight is 293 g/mol. The highest BCUT2D eigenvalue weighted by Crippen LogP contribution is 2.17. The van der Waals surface area contributed by atoms with Crippen molar-refractivity contribution in [3.63, 3.8) is 0 Å². The number of oxime groups is 1. The summed E-state index contributed by atoms with van der Waals surface area (Å²) in [6.45, 7) is 3.49. The number of amidine groups is 1. The molecule has 7 nitrogen and oxygen atoms in total. The van der Waals surface area contributed by atoms with Crippen molar-refractivity contribution in [1.82, 2.24) is 4.90 Å². The Labute approximate surface area is 122 Å². The van der Waals surface area contributed by atoms with Gasteiger partial charge in [-0.25, -0.2) is 0 Å². The van der Waals surface area contributed by atoms with Gasteiger partial charge in [0.15, 0.2) is 12.4 Å². The van der Waals surface area contributed by atoms with Gasteiger partial charge in [0.05, 0.1) is 18.3 Å². The van der Waals surface area contributed by atoms with E-state index < -0.39 is 0 Å². The summed E-state index contributed by atoms with van der Waals surface area (Å²) in [6, 6.07) is 6.82. The predicted octanol–water partition coefficient (Wildman–Crippen LogP) is 0.407. The minimum atomic E-state index is -0.112. The summed E-state index contributed by atoms with van der Waals surface area (Å²) in [5, 5.41) is 11.7. The molecule has 1 heterocycles. The van der Waals surface area contributed by atoms with Crippen LogP contribution in [0.5, 0.6) is 5.75 Å². The maximum absolute atomic E-state index is 12.1. The molecule has 0 radical (unpaired) electrons. The van der Waals surface area contributed by atoms with Crippen LogP contribution in [0, 0.1) is 0 Å². The number of benzene rings is 1. The van der Waals surface area contributed by atoms with E-state index in [-0.39, 0.29) is 24.5 Å². The topological polar surface area (TPSA) is 97.4 Å². The molecule has 0 spiro atoms. The number of hydrogen-bond donors (Lipinski definition) is 2. The Morgan fingerprint density at radius 2 is 2.33 bits per heavy atom. The van der Waals surface area contributed by atoms with Crippen molar-refractivity contribution in [3.8, 4) is 5.75 Å². The Bertz CT molecular complexity index is 533. The van der Waals surface area contributed by atoms with Gasteiger partial charge in [0.2, 0.25) is 0 Å². The molecule has 1 amide bonds. The normalized spacial score (nSPS) is 19.4. The number of nitrogens with zero attached hydrogens (tertiary/aromatic N) is 2. The maximum atomic E-state index is 12.1. The number of para-hydroxylation sites is 1. The van der Waals surface area contributed by atoms with Crippen molar-refractivity contribution in [2.45, 2.75) is 13.0 Å². The first-order valence-corrected chi connectivity index (χ1v) is 6.71. The van der Waals surface area contributed by atoms with Crippen LogP contribution in [0.3, 0.4) is 0 Å². The first kappa shape index (κ1) is 15.1. The second-order valence-corrected chi connectivity index (χ2v) is 4.79. The second-order valence-electron chi connectivity index (χ2n) is 4.79. The monoisotopic (exact) mass is 293 g/mol. The largest absolute Gasteiger partial charge is 0.483 e. The molecular weight excluding hydrogens is 274 g/mol. The SMILES string of the molecule is CC1CN(C(=O)COc2ccccc2/C(N)=N/O)CCO1. The summed E-state index contributed by atoms with van der Waals surface area (Å²) < 4.78 is 10.9. The molecule has 114 valence electrons. The lowest BCUT2D eigenvalue weighted by molar-refractivity contribution is -0.140. The first-order chi connectivity index (χ1) is 10.1. The standard InChI is InChI=1S/C14H19N3O4/c1-10-8-17(6-7-20-10)13(18)9-21-12-5-3-2-4-11(12)14(15)16-19/h2-5,10,19H,6-9H2,1H3,(H2,15,16). The molecule has 0 bridgehead atoms. The zero-order valence-electron chi connectivity index (χ0n) is 11.9. The van der Waals surface area contributed by atoms with Gasteiger partial charge in [-0.3, -0.25) is 4.79 Å². The number of hydrogen-bond acceptors (Lipinski definition) is 5. The van der Waals surface area contributed by atoms with Crippen molar-refractivity contribution < 1.29 is 19.5 Å². The van der Waals surface area contributed by atoms with E-state index >= 15 is 0 Å². The van der Waals surface area contributed by atoms with Crippen molar-refractivity contribution >= 4 is 11.7 Å². The Morgan fingerprint density at radius 3 is 3.05 bits per heavy atom. The maximum Gasteiger partial charge on any atom is 0.260 e. The molecule has 3 N–H and O–H groups in total. The van der Waals surface area contributed by atoms with E-state index in [2.05, 4.69) is 5.16 Å². The molecule has 1 aromatic carbocycles. The zero-order chi connectivity index (χ0) is 15.2. The molecule has 1 aliphatic rings. The molecule has 1 atom stereocenters. The number of morpholine rings is 1. The van der Waals surface area contributed by atoms with Gasteiger partial charge >= 0.3 is 0 Å². The second kappa shape index (κ2) is 6.94. The van der Waals surface area contributed by atoms with Gasteiger partial charge in [-0.05, 0) is 19.1 Å². The third-order valence-electron chi connectivity index (χ3n) is 3.22. The molecule has 1 fully saturated rings. The van der Waals surface area contributed by atoms with Crippen molar-refractivity contribution in [3.05, 3.63) is 29.8 Å². The van der Waals surface area contributed by atoms with Gasteiger partial charge in [-0.1, -0.05) is 17.3 Å². The van der Waals surface area contributed by atoms with E-state index in [4.69, 9.17) is 20.4 Å². The summed E-state index contributed by atoms with van der Waals surface area (Å²) in [7, 11) is 0. The zero-order valence-corrected chi connectivity index (χ0v) is 11.9. The molecule has 1 aromatic rings. The summed E-state index contributed by atoms with van der Waals surface area (Å²) >= 11 is 0. The third-order valence-corrected chi connectivity index (χ3v) is 3.22. The molecule has 0 aromatic heterocycles. The van der Waals surface area contributed by atoms with Crippen LogP contribution >= 0.6 is 0 Å². The average Bonchev–Trinajstić information content (AvgIpc) is 2.52. The van der Waals surface area contributed by atoms with Gasteiger partial charge in [0, 0.05) is 13.1 Å². The molecule has 7 heteroatoms. The Hall–Kier alpha value is -2.28. The number of carbonyl (C=O) groups excluding carboxylic acids is 1. The van der Waals surface area contributed by atoms with E-state index in [0.717, 1.165) is 0 Å². The molecule has 2 rings (SSSR count). The van der Waals surface area contributed by atoms with Gasteiger partial charge in [-0.15, -0.1) is 0 Å². The fourth-order valence-electron chi connectivity index (χ4n) is 2.13. The molecular formula is C14H19N3O4. The molecule has 1 aliphatic heterocycles. The van der Waals surface area contributed by atoms with Gasteiger partial charge in [0.1, 0.15) is 5.75 Å². The van der Waals surface area contributed by atoms with Crippen LogP contribution in [-0.4, -0.2) is 54.3 Å². The lowest BCUT2D eigenvalue weighted by Crippen LogP contribution is -2.46. The highest BCUT2D eigenvalue weighted by atomic mass is 16.5.